The number of benzene rings is 2. The maximum atomic E-state index is 12.1. The quantitative estimate of drug-likeness (QED) is 0.540. The van der Waals surface area contributed by atoms with Crippen molar-refractivity contribution in [3.63, 3.8) is 0 Å². The average molecular weight is 431 g/mol. The van der Waals surface area contributed by atoms with E-state index in [4.69, 9.17) is 11.5 Å². The standard InChI is InChI=1S/C26H30N4O2/c1-15-18(4-2-5-21(15)27)19-10-8-17(13-23(28)31)26-25(19)20-9-7-16(12-22(20)29-26)14-30-11-3-6-24(30)32/h2,4-5,8,10,16,29H,3,6-7,9,11-14,27H2,1H3,(H2,28,31). The summed E-state index contributed by atoms with van der Waals surface area (Å²) >= 11 is 0. The number of rotatable bonds is 5. The number of nitrogens with one attached hydrogen (secondary N) is 1. The highest BCUT2D eigenvalue weighted by Gasteiger charge is 2.29. The van der Waals surface area contributed by atoms with Gasteiger partial charge in [-0.05, 0) is 72.4 Å². The van der Waals surface area contributed by atoms with Crippen LogP contribution in [0.15, 0.2) is 30.3 Å². The van der Waals surface area contributed by atoms with E-state index in [9.17, 15) is 9.59 Å². The predicted octanol–water partition coefficient (Wildman–Crippen LogP) is 3.48. The van der Waals surface area contributed by atoms with Crippen LogP contribution < -0.4 is 11.5 Å². The number of aromatic nitrogens is 1. The molecule has 0 saturated carbocycles. The highest BCUT2D eigenvalue weighted by molar-refractivity contribution is 6.02. The third-order valence-corrected chi connectivity index (χ3v) is 7.21. The fraction of sp³-hybridized carbons (Fsp3) is 0.385. The SMILES string of the molecule is Cc1c(N)cccc1-c1ccc(CC(N)=O)c2[nH]c3c(c12)CCC(CN1CCCC1=O)C3. The fourth-order valence-corrected chi connectivity index (χ4v) is 5.54. The number of hydrogen-bond donors (Lipinski definition) is 3. The topological polar surface area (TPSA) is 105 Å². The second-order valence-corrected chi connectivity index (χ2v) is 9.32. The number of aryl methyl sites for hydroxylation is 1. The van der Waals surface area contributed by atoms with Gasteiger partial charge in [-0.15, -0.1) is 0 Å². The van der Waals surface area contributed by atoms with Crippen LogP contribution in [0.2, 0.25) is 0 Å². The fourth-order valence-electron chi connectivity index (χ4n) is 5.54. The van der Waals surface area contributed by atoms with Crippen molar-refractivity contribution < 1.29 is 9.59 Å². The summed E-state index contributed by atoms with van der Waals surface area (Å²) in [4.78, 5) is 29.5. The second kappa shape index (κ2) is 8.01. The maximum absolute atomic E-state index is 12.1. The van der Waals surface area contributed by atoms with Gasteiger partial charge in [0.1, 0.15) is 0 Å². The van der Waals surface area contributed by atoms with Gasteiger partial charge in [0.2, 0.25) is 11.8 Å². The van der Waals surface area contributed by atoms with E-state index in [0.29, 0.717) is 12.3 Å². The third-order valence-electron chi connectivity index (χ3n) is 7.21. The molecule has 166 valence electrons. The molecule has 6 heteroatoms. The molecule has 2 amide bonds. The van der Waals surface area contributed by atoms with Crippen molar-refractivity contribution in [2.75, 3.05) is 18.8 Å². The lowest BCUT2D eigenvalue weighted by Crippen LogP contribution is -2.33. The molecule has 2 aliphatic rings. The van der Waals surface area contributed by atoms with Gasteiger partial charge in [0.05, 0.1) is 11.9 Å². The van der Waals surface area contributed by atoms with Crippen molar-refractivity contribution >= 4 is 28.4 Å². The van der Waals surface area contributed by atoms with Gasteiger partial charge in [-0.25, -0.2) is 0 Å². The summed E-state index contributed by atoms with van der Waals surface area (Å²) in [5, 5.41) is 1.18. The summed E-state index contributed by atoms with van der Waals surface area (Å²) in [5.41, 5.74) is 20.4. The Kier molecular flexibility index (Phi) is 5.16. The molecule has 1 aliphatic heterocycles. The van der Waals surface area contributed by atoms with Gasteiger partial charge in [-0.2, -0.15) is 0 Å². The number of anilines is 1. The summed E-state index contributed by atoms with van der Waals surface area (Å²) in [5.74, 6) is 0.405. The van der Waals surface area contributed by atoms with E-state index in [1.807, 2.05) is 23.1 Å². The second-order valence-electron chi connectivity index (χ2n) is 9.32. The molecule has 1 unspecified atom stereocenters. The molecule has 1 saturated heterocycles. The summed E-state index contributed by atoms with van der Waals surface area (Å²) in [6.07, 6.45) is 4.79. The summed E-state index contributed by atoms with van der Waals surface area (Å²) < 4.78 is 0. The third kappa shape index (κ3) is 3.53. The minimum Gasteiger partial charge on any atom is -0.398 e. The number of likely N-dealkylation sites (tertiary alicyclic amines) is 1. The Balaban J connectivity index is 1.59. The summed E-state index contributed by atoms with van der Waals surface area (Å²) in [7, 11) is 0. The van der Waals surface area contributed by atoms with Crippen LogP contribution in [0, 0.1) is 12.8 Å². The van der Waals surface area contributed by atoms with E-state index >= 15 is 0 Å². The molecular formula is C26H30N4O2. The highest BCUT2D eigenvalue weighted by Crippen LogP contribution is 2.41. The van der Waals surface area contributed by atoms with Gasteiger partial charge in [0.15, 0.2) is 0 Å². The van der Waals surface area contributed by atoms with Crippen LogP contribution in [0.5, 0.6) is 0 Å². The number of H-pyrrole nitrogens is 1. The molecule has 3 aromatic rings. The van der Waals surface area contributed by atoms with Gasteiger partial charge in [-0.1, -0.05) is 24.3 Å². The van der Waals surface area contributed by atoms with E-state index in [0.717, 1.165) is 72.2 Å². The Bertz CT molecular complexity index is 1230. The molecule has 2 aromatic carbocycles. The van der Waals surface area contributed by atoms with Crippen molar-refractivity contribution in [2.45, 2.75) is 45.4 Å². The Morgan fingerprint density at radius 3 is 2.78 bits per heavy atom. The molecule has 6 nitrogen and oxygen atoms in total. The number of nitrogens with zero attached hydrogens (tertiary/aromatic N) is 1. The van der Waals surface area contributed by atoms with Gasteiger partial charge >= 0.3 is 0 Å². The van der Waals surface area contributed by atoms with Crippen LogP contribution in [0.3, 0.4) is 0 Å². The van der Waals surface area contributed by atoms with Gasteiger partial charge < -0.3 is 21.4 Å². The first-order valence-electron chi connectivity index (χ1n) is 11.5. The lowest BCUT2D eigenvalue weighted by Gasteiger charge is -2.27. The minimum atomic E-state index is -0.336. The summed E-state index contributed by atoms with van der Waals surface area (Å²) in [6.45, 7) is 3.77. The zero-order valence-electron chi connectivity index (χ0n) is 18.5. The number of aromatic amines is 1. The smallest absolute Gasteiger partial charge is 0.222 e. The van der Waals surface area contributed by atoms with Crippen molar-refractivity contribution in [1.82, 2.24) is 9.88 Å². The van der Waals surface area contributed by atoms with Gasteiger partial charge in [0.25, 0.3) is 0 Å². The molecule has 0 radical (unpaired) electrons. The van der Waals surface area contributed by atoms with Gasteiger partial charge in [0, 0.05) is 36.3 Å². The Labute approximate surface area is 188 Å². The average Bonchev–Trinajstić information content (AvgIpc) is 3.34. The van der Waals surface area contributed by atoms with Crippen molar-refractivity contribution in [3.8, 4) is 11.1 Å². The number of carbonyl (C=O) groups excluding carboxylic acids is 2. The number of nitrogen functional groups attached to an aromatic ring is 1. The lowest BCUT2D eigenvalue weighted by atomic mass is 9.84. The van der Waals surface area contributed by atoms with Crippen LogP contribution in [-0.2, 0) is 28.9 Å². The van der Waals surface area contributed by atoms with Crippen LogP contribution in [0.1, 0.15) is 41.6 Å². The van der Waals surface area contributed by atoms with Crippen LogP contribution >= 0.6 is 0 Å². The molecule has 1 aromatic heterocycles. The molecule has 1 fully saturated rings. The normalized spacial score (nSPS) is 18.3. The van der Waals surface area contributed by atoms with Crippen molar-refractivity contribution in [3.05, 3.63) is 52.7 Å². The Morgan fingerprint density at radius 1 is 1.19 bits per heavy atom. The maximum Gasteiger partial charge on any atom is 0.222 e. The molecule has 0 bridgehead atoms. The first-order valence-corrected chi connectivity index (χ1v) is 11.5. The zero-order chi connectivity index (χ0) is 22.4. The first-order chi connectivity index (χ1) is 15.4. The molecule has 32 heavy (non-hydrogen) atoms. The van der Waals surface area contributed by atoms with Crippen molar-refractivity contribution in [1.29, 1.82) is 0 Å². The van der Waals surface area contributed by atoms with Crippen LogP contribution in [0.25, 0.3) is 22.0 Å². The molecule has 2 heterocycles. The molecule has 5 rings (SSSR count). The molecule has 1 aliphatic carbocycles. The number of primary amides is 1. The number of carbonyl (C=O) groups is 2. The Morgan fingerprint density at radius 2 is 2.03 bits per heavy atom. The summed E-state index contributed by atoms with van der Waals surface area (Å²) in [6, 6.07) is 10.1. The van der Waals surface area contributed by atoms with Gasteiger partial charge in [-0.3, -0.25) is 9.59 Å². The van der Waals surface area contributed by atoms with Crippen LogP contribution in [0.4, 0.5) is 5.69 Å². The number of nitrogens with two attached hydrogens (primary N) is 2. The molecule has 1 atom stereocenters. The highest BCUT2D eigenvalue weighted by atomic mass is 16.2. The number of hydrogen-bond acceptors (Lipinski definition) is 3. The molecular weight excluding hydrogens is 400 g/mol. The van der Waals surface area contributed by atoms with E-state index in [2.05, 4.69) is 24.0 Å². The molecule has 5 N–H and O–H groups in total. The zero-order valence-corrected chi connectivity index (χ0v) is 18.5. The predicted molar refractivity (Wildman–Crippen MR) is 127 cm³/mol. The number of fused-ring (bicyclic) bond motifs is 3. The van der Waals surface area contributed by atoms with Crippen LogP contribution in [-0.4, -0.2) is 34.8 Å². The number of amides is 2. The van der Waals surface area contributed by atoms with E-state index in [1.165, 1.54) is 16.6 Å². The largest absolute Gasteiger partial charge is 0.398 e. The monoisotopic (exact) mass is 430 g/mol. The van der Waals surface area contributed by atoms with E-state index in [-0.39, 0.29) is 18.2 Å². The lowest BCUT2D eigenvalue weighted by molar-refractivity contribution is -0.128. The Hall–Kier alpha value is -3.28. The first kappa shape index (κ1) is 20.6. The van der Waals surface area contributed by atoms with E-state index < -0.39 is 0 Å². The van der Waals surface area contributed by atoms with Crippen molar-refractivity contribution in [2.24, 2.45) is 11.7 Å². The molecule has 0 spiro atoms. The van der Waals surface area contributed by atoms with E-state index in [1.54, 1.807) is 0 Å². The minimum absolute atomic E-state index is 0.206.